The monoisotopic (exact) mass is 116 g/mol. The van der Waals surface area contributed by atoms with E-state index < -0.39 is 0 Å². The van der Waals surface area contributed by atoms with Crippen LogP contribution in [0.5, 0.6) is 0 Å². The second-order valence-electron chi connectivity index (χ2n) is 0.204. The molecule has 6 heavy (non-hydrogen) atoms. The van der Waals surface area contributed by atoms with Gasteiger partial charge in [0, 0.05) is 37.7 Å². The summed E-state index contributed by atoms with van der Waals surface area (Å²) in [4.78, 5) is 0. The normalized spacial score (nSPS) is 1.17. The van der Waals surface area contributed by atoms with E-state index in [1.807, 2.05) is 5.92 Å². The summed E-state index contributed by atoms with van der Waals surface area (Å²) in [6, 6.07) is 0. The molecule has 0 nitrogen and oxygen atoms in total. The molecular formula is C3H3CuLi2. The van der Waals surface area contributed by atoms with Crippen molar-refractivity contribution < 1.29 is 17.1 Å². The quantitative estimate of drug-likeness (QED) is 0.231. The largest absolute Gasteiger partial charge is 1.00 e. The van der Waals surface area contributed by atoms with Gasteiger partial charge in [-0.3, -0.25) is 0 Å². The van der Waals surface area contributed by atoms with Crippen molar-refractivity contribution >= 4 is 37.7 Å². The smallest absolute Gasteiger partial charge is 0.345 e. The van der Waals surface area contributed by atoms with Gasteiger partial charge in [0.05, 0.1) is 0 Å². The zero-order chi connectivity index (χ0) is 2.71. The van der Waals surface area contributed by atoms with Gasteiger partial charge in [0.2, 0.25) is 0 Å². The molecule has 0 unspecified atom stereocenters. The predicted molar refractivity (Wildman–Crippen MR) is 25.7 cm³/mol. The summed E-state index contributed by atoms with van der Waals surface area (Å²) in [6.45, 7) is 3.01. The van der Waals surface area contributed by atoms with E-state index in [9.17, 15) is 0 Å². The standard InChI is InChI=1S/C3H3.Cu.2Li/c1-3-2;;;/h1H,2H2;;;/q-1;+1;;. The maximum atomic E-state index is 4.49. The van der Waals surface area contributed by atoms with E-state index in [0.717, 1.165) is 0 Å². The molecule has 0 aliphatic heterocycles. The third-order valence-electron chi connectivity index (χ3n) is 0. The van der Waals surface area contributed by atoms with Crippen molar-refractivity contribution in [2.75, 3.05) is 0 Å². The van der Waals surface area contributed by atoms with E-state index in [1.165, 1.54) is 0 Å². The molecule has 0 aromatic rings. The molecule has 0 aromatic carbocycles. The Hall–Kier alpha value is 1.14. The summed E-state index contributed by atoms with van der Waals surface area (Å²) in [7, 11) is 0. The van der Waals surface area contributed by atoms with Crippen molar-refractivity contribution in [3.8, 4) is 12.3 Å². The van der Waals surface area contributed by atoms with Crippen molar-refractivity contribution in [2.45, 2.75) is 0 Å². The van der Waals surface area contributed by atoms with Gasteiger partial charge < -0.3 is 12.3 Å². The molecule has 3 heteroatoms. The van der Waals surface area contributed by atoms with Gasteiger partial charge in [-0.05, 0) is 0 Å². The van der Waals surface area contributed by atoms with Crippen LogP contribution in [0, 0.1) is 19.3 Å². The van der Waals surface area contributed by atoms with Crippen LogP contribution in [0.15, 0.2) is 0 Å². The fraction of sp³-hybridized carbons (Fsp3) is 0. The Morgan fingerprint density at radius 3 is 1.33 bits per heavy atom. The molecule has 0 saturated heterocycles. The molecule has 28 valence electrons. The fourth-order valence-electron chi connectivity index (χ4n) is 0. The third kappa shape index (κ3) is 67.5. The van der Waals surface area contributed by atoms with Gasteiger partial charge in [0.15, 0.2) is 0 Å². The zero-order valence-corrected chi connectivity index (χ0v) is 5.03. The van der Waals surface area contributed by atoms with Crippen molar-refractivity contribution in [1.29, 1.82) is 0 Å². The van der Waals surface area contributed by atoms with E-state index in [4.69, 9.17) is 0 Å². The summed E-state index contributed by atoms with van der Waals surface area (Å²) in [5.74, 6) is 2.00. The molecular weight excluding hydrogens is 113 g/mol. The number of hydrogen-bond acceptors (Lipinski definition) is 0. The van der Waals surface area contributed by atoms with Crippen molar-refractivity contribution in [2.24, 2.45) is 0 Å². The van der Waals surface area contributed by atoms with Crippen LogP contribution in [-0.2, 0) is 17.1 Å². The van der Waals surface area contributed by atoms with Gasteiger partial charge in [-0.2, -0.15) is 6.92 Å². The van der Waals surface area contributed by atoms with Crippen molar-refractivity contribution in [3.63, 3.8) is 0 Å². The van der Waals surface area contributed by atoms with Crippen molar-refractivity contribution in [1.82, 2.24) is 0 Å². The van der Waals surface area contributed by atoms with Crippen LogP contribution >= 0.6 is 0 Å². The Kier molecular flexibility index (Phi) is 161. The van der Waals surface area contributed by atoms with E-state index in [2.05, 4.69) is 13.3 Å². The average molecular weight is 116 g/mol. The van der Waals surface area contributed by atoms with Crippen LogP contribution in [0.3, 0.4) is 0 Å². The average Bonchev–Trinajstić information content (AvgIpc) is 0.918. The van der Waals surface area contributed by atoms with E-state index in [-0.39, 0.29) is 54.8 Å². The summed E-state index contributed by atoms with van der Waals surface area (Å²) in [5.41, 5.74) is 0. The minimum Gasteiger partial charge on any atom is -0.345 e. The molecule has 0 rings (SSSR count). The number of terminal acetylenes is 1. The van der Waals surface area contributed by atoms with Crippen LogP contribution in [0.25, 0.3) is 0 Å². The van der Waals surface area contributed by atoms with Crippen molar-refractivity contribution in [3.05, 3.63) is 6.92 Å². The molecule has 0 aromatic heterocycles. The molecule has 2 radical (unpaired) electrons. The Morgan fingerprint density at radius 2 is 1.33 bits per heavy atom. The Morgan fingerprint density at radius 1 is 1.33 bits per heavy atom. The van der Waals surface area contributed by atoms with E-state index in [0.29, 0.717) is 0 Å². The molecule has 0 heterocycles. The third-order valence-corrected chi connectivity index (χ3v) is 0. The predicted octanol–water partition coefficient (Wildman–Crippen LogP) is -0.310. The second-order valence-corrected chi connectivity index (χ2v) is 0.204. The van der Waals surface area contributed by atoms with E-state index in [1.54, 1.807) is 0 Å². The molecule has 0 aliphatic carbocycles. The second kappa shape index (κ2) is 35.4. The minimum absolute atomic E-state index is 0. The molecule has 0 bridgehead atoms. The molecule has 0 atom stereocenters. The molecule has 0 aliphatic rings. The minimum atomic E-state index is 0. The number of hydrogen-bond donors (Lipinski definition) is 0. The maximum absolute atomic E-state index is 4.49. The first-order valence-electron chi connectivity index (χ1n) is 0.642. The molecule has 0 spiro atoms. The van der Waals surface area contributed by atoms with Crippen LogP contribution in [0.2, 0.25) is 0 Å². The SMILES string of the molecule is C#C[CH2-].[Cu+].[Li].[Li]. The molecule has 0 amide bonds. The summed E-state index contributed by atoms with van der Waals surface area (Å²) in [5, 5.41) is 0. The summed E-state index contributed by atoms with van der Waals surface area (Å²) >= 11 is 0. The van der Waals surface area contributed by atoms with Crippen LogP contribution < -0.4 is 0 Å². The van der Waals surface area contributed by atoms with Gasteiger partial charge >= 0.3 is 17.1 Å². The van der Waals surface area contributed by atoms with Gasteiger partial charge in [-0.25, -0.2) is 0 Å². The zero-order valence-electron chi connectivity index (χ0n) is 4.09. The maximum Gasteiger partial charge on any atom is 1.00 e. The Balaban J connectivity index is -0.00000000667. The Labute approximate surface area is 73.7 Å². The molecule has 0 N–H and O–H groups in total. The van der Waals surface area contributed by atoms with Gasteiger partial charge in [0.1, 0.15) is 0 Å². The van der Waals surface area contributed by atoms with Gasteiger partial charge in [-0.15, -0.1) is 0 Å². The molecule has 0 fully saturated rings. The first kappa shape index (κ1) is 27.3. The summed E-state index contributed by atoms with van der Waals surface area (Å²) < 4.78 is 0. The van der Waals surface area contributed by atoms with Gasteiger partial charge in [0.25, 0.3) is 0 Å². The van der Waals surface area contributed by atoms with Crippen LogP contribution in [0.1, 0.15) is 0 Å². The van der Waals surface area contributed by atoms with Gasteiger partial charge in [-0.1, -0.05) is 0 Å². The topological polar surface area (TPSA) is 0 Å². The Bertz CT molecular complexity index is 30.3. The van der Waals surface area contributed by atoms with Crippen LogP contribution in [0.4, 0.5) is 0 Å². The number of rotatable bonds is 0. The van der Waals surface area contributed by atoms with E-state index >= 15 is 0 Å². The summed E-state index contributed by atoms with van der Waals surface area (Å²) in [6.07, 6.45) is 4.49. The first-order valence-corrected chi connectivity index (χ1v) is 0.642. The molecule has 0 saturated carbocycles. The van der Waals surface area contributed by atoms with Crippen LogP contribution in [-0.4, -0.2) is 37.7 Å². The first-order chi connectivity index (χ1) is 1.41. The fourth-order valence-corrected chi connectivity index (χ4v) is 0.